The summed E-state index contributed by atoms with van der Waals surface area (Å²) in [6, 6.07) is 5.09. The van der Waals surface area contributed by atoms with E-state index in [4.69, 9.17) is 27.9 Å². The molecule has 8 atom stereocenters. The van der Waals surface area contributed by atoms with Crippen LogP contribution in [0.1, 0.15) is 105 Å². The van der Waals surface area contributed by atoms with Gasteiger partial charge in [0.2, 0.25) is 0 Å². The lowest BCUT2D eigenvalue weighted by Gasteiger charge is -2.58. The number of rotatable bonds is 7. The maximum Gasteiger partial charge on any atom is 0.411 e. The van der Waals surface area contributed by atoms with E-state index in [0.29, 0.717) is 21.1 Å². The van der Waals surface area contributed by atoms with E-state index in [1.165, 1.54) is 51.4 Å². The molecule has 0 aromatic heterocycles. The summed E-state index contributed by atoms with van der Waals surface area (Å²) in [6.45, 7) is 12.5. The highest BCUT2D eigenvalue weighted by molar-refractivity contribution is 6.42. The predicted molar refractivity (Wildman–Crippen MR) is 163 cm³/mol. The molecule has 1 aromatic rings. The van der Waals surface area contributed by atoms with Gasteiger partial charge in [0.25, 0.3) is 0 Å². The normalized spacial score (nSPS) is 36.4. The topological polar surface area (TPSA) is 38.3 Å². The van der Waals surface area contributed by atoms with E-state index in [1.54, 1.807) is 23.8 Å². The van der Waals surface area contributed by atoms with Crippen LogP contribution < -0.4 is 5.32 Å². The average Bonchev–Trinajstić information content (AvgIpc) is 3.23. The van der Waals surface area contributed by atoms with Crippen LogP contribution in [0.5, 0.6) is 0 Å². The van der Waals surface area contributed by atoms with Crippen molar-refractivity contribution in [1.82, 2.24) is 0 Å². The molecule has 5 heteroatoms. The van der Waals surface area contributed by atoms with Crippen LogP contribution in [0.3, 0.4) is 0 Å². The van der Waals surface area contributed by atoms with Crippen molar-refractivity contribution in [3.05, 3.63) is 39.9 Å². The first-order valence-electron chi connectivity index (χ1n) is 15.6. The van der Waals surface area contributed by atoms with Gasteiger partial charge < -0.3 is 4.74 Å². The minimum Gasteiger partial charge on any atom is -0.446 e. The van der Waals surface area contributed by atoms with Crippen LogP contribution in [0.2, 0.25) is 10.0 Å². The van der Waals surface area contributed by atoms with Crippen LogP contribution in [-0.2, 0) is 4.74 Å². The van der Waals surface area contributed by atoms with Crippen LogP contribution >= 0.6 is 23.2 Å². The molecule has 0 heterocycles. The van der Waals surface area contributed by atoms with Gasteiger partial charge in [-0.2, -0.15) is 0 Å². The van der Waals surface area contributed by atoms with Crippen molar-refractivity contribution in [2.45, 2.75) is 111 Å². The Bertz CT molecular complexity index is 1080. The van der Waals surface area contributed by atoms with E-state index in [1.807, 2.05) is 0 Å². The number of hydrogen-bond acceptors (Lipinski definition) is 2. The van der Waals surface area contributed by atoms with E-state index in [0.717, 1.165) is 54.8 Å². The Kier molecular flexibility index (Phi) is 8.71. The Balaban J connectivity index is 1.21. The molecule has 5 rings (SSSR count). The fourth-order valence-electron chi connectivity index (χ4n) is 9.63. The van der Waals surface area contributed by atoms with Crippen molar-refractivity contribution in [1.29, 1.82) is 0 Å². The first-order chi connectivity index (χ1) is 18.5. The van der Waals surface area contributed by atoms with Crippen molar-refractivity contribution in [3.8, 4) is 0 Å². The summed E-state index contributed by atoms with van der Waals surface area (Å²) < 4.78 is 5.90. The highest BCUT2D eigenvalue weighted by atomic mass is 35.5. The molecule has 216 valence electrons. The highest BCUT2D eigenvalue weighted by Gasteiger charge is 2.59. The highest BCUT2D eigenvalue weighted by Crippen LogP contribution is 2.67. The zero-order chi connectivity index (χ0) is 27.9. The van der Waals surface area contributed by atoms with Gasteiger partial charge in [0.15, 0.2) is 0 Å². The van der Waals surface area contributed by atoms with Crippen molar-refractivity contribution >= 4 is 35.0 Å². The largest absolute Gasteiger partial charge is 0.446 e. The second kappa shape index (κ2) is 11.6. The zero-order valence-electron chi connectivity index (χ0n) is 24.7. The molecule has 0 bridgehead atoms. The molecule has 3 nitrogen and oxygen atoms in total. The molecule has 3 fully saturated rings. The summed E-state index contributed by atoms with van der Waals surface area (Å²) in [4.78, 5) is 12.7. The Morgan fingerprint density at radius 3 is 2.56 bits per heavy atom. The van der Waals surface area contributed by atoms with Gasteiger partial charge >= 0.3 is 6.09 Å². The Morgan fingerprint density at radius 1 is 1.03 bits per heavy atom. The number of carbonyl (C=O) groups excluding carboxylic acids is 1. The average molecular weight is 575 g/mol. The summed E-state index contributed by atoms with van der Waals surface area (Å²) in [6.07, 6.45) is 16.0. The van der Waals surface area contributed by atoms with Gasteiger partial charge in [-0.15, -0.1) is 0 Å². The molecule has 0 unspecified atom stereocenters. The molecule has 3 saturated carbocycles. The van der Waals surface area contributed by atoms with Gasteiger partial charge in [0.1, 0.15) is 6.10 Å². The number of nitrogens with one attached hydrogen (secondary N) is 1. The van der Waals surface area contributed by atoms with Crippen molar-refractivity contribution in [3.63, 3.8) is 0 Å². The molecule has 0 aliphatic heterocycles. The van der Waals surface area contributed by atoms with Crippen LogP contribution in [0, 0.1) is 46.3 Å². The number of ether oxygens (including phenoxy) is 1. The molecule has 1 N–H and O–H groups in total. The summed E-state index contributed by atoms with van der Waals surface area (Å²) in [7, 11) is 0. The number of amides is 1. The maximum absolute atomic E-state index is 12.7. The summed E-state index contributed by atoms with van der Waals surface area (Å²) in [5.74, 6) is 5.03. The van der Waals surface area contributed by atoms with Gasteiger partial charge in [-0.25, -0.2) is 4.79 Å². The Labute approximate surface area is 246 Å². The van der Waals surface area contributed by atoms with Crippen LogP contribution in [0.25, 0.3) is 0 Å². The number of hydrogen-bond donors (Lipinski definition) is 1. The quantitative estimate of drug-likeness (QED) is 0.329. The van der Waals surface area contributed by atoms with Crippen LogP contribution in [0.15, 0.2) is 29.8 Å². The second-order valence-electron chi connectivity index (χ2n) is 14.3. The third kappa shape index (κ3) is 5.78. The minimum atomic E-state index is -0.413. The molecule has 0 saturated heterocycles. The van der Waals surface area contributed by atoms with Crippen molar-refractivity contribution < 1.29 is 9.53 Å². The van der Waals surface area contributed by atoms with E-state index < -0.39 is 6.09 Å². The number of allylic oxidation sites excluding steroid dienone is 1. The fraction of sp³-hybridized carbons (Fsp3) is 0.735. The summed E-state index contributed by atoms with van der Waals surface area (Å²) >= 11 is 12.1. The van der Waals surface area contributed by atoms with Gasteiger partial charge in [0.05, 0.1) is 10.0 Å². The standard InChI is InChI=1S/C34H49Cl2NO2/c1-21(2)7-6-8-22(3)27-12-13-28-26-11-9-23-19-25(15-17-33(23,4)29(26)16-18-34(27,28)5)39-32(38)37-24-10-14-30(35)31(36)20-24/h9-10,14,20-22,25-29H,6-8,11-13,15-19H2,1-5H3,(H,37,38)/t22-,25-,26+,27-,28+,29+,33-,34-/m0/s1. The zero-order valence-corrected chi connectivity index (χ0v) is 26.2. The fourth-order valence-corrected chi connectivity index (χ4v) is 9.92. The molecule has 4 aliphatic rings. The minimum absolute atomic E-state index is 0.0694. The predicted octanol–water partition coefficient (Wildman–Crippen LogP) is 11.0. The number of carbonyl (C=O) groups is 1. The molecule has 39 heavy (non-hydrogen) atoms. The van der Waals surface area contributed by atoms with E-state index in [9.17, 15) is 4.79 Å². The lowest BCUT2D eigenvalue weighted by atomic mass is 9.47. The monoisotopic (exact) mass is 573 g/mol. The van der Waals surface area contributed by atoms with E-state index in [2.05, 4.69) is 46.0 Å². The van der Waals surface area contributed by atoms with E-state index in [-0.39, 0.29) is 11.5 Å². The molecule has 0 spiro atoms. The van der Waals surface area contributed by atoms with Gasteiger partial charge in [-0.05, 0) is 109 Å². The van der Waals surface area contributed by atoms with Gasteiger partial charge in [0, 0.05) is 12.1 Å². The summed E-state index contributed by atoms with van der Waals surface area (Å²) in [5.41, 5.74) is 2.92. The first kappa shape index (κ1) is 29.3. The molecule has 1 aromatic carbocycles. The third-order valence-corrected chi connectivity index (χ3v) is 12.4. The SMILES string of the molecule is CC(C)CCC[C@H](C)[C@@H]1CC[C@@H]2[C@H]3CC=C4C[C@@H](OC(=O)Nc5ccc(Cl)c(Cl)c5)CC[C@]4(C)[C@@H]3CC[C@]21C. The van der Waals surface area contributed by atoms with Gasteiger partial charge in [-0.3, -0.25) is 5.32 Å². The van der Waals surface area contributed by atoms with Gasteiger partial charge in [-0.1, -0.05) is 88.7 Å². The molecule has 1 amide bonds. The second-order valence-corrected chi connectivity index (χ2v) is 15.1. The first-order valence-corrected chi connectivity index (χ1v) is 16.4. The lowest BCUT2D eigenvalue weighted by molar-refractivity contribution is -0.0577. The smallest absolute Gasteiger partial charge is 0.411 e. The molecular formula is C34H49Cl2NO2. The molecule has 4 aliphatic carbocycles. The third-order valence-electron chi connectivity index (χ3n) is 11.7. The van der Waals surface area contributed by atoms with E-state index >= 15 is 0 Å². The molecular weight excluding hydrogens is 525 g/mol. The Hall–Kier alpha value is -1.19. The van der Waals surface area contributed by atoms with Crippen LogP contribution in [0.4, 0.5) is 10.5 Å². The lowest BCUT2D eigenvalue weighted by Crippen LogP contribution is -2.51. The molecule has 0 radical (unpaired) electrons. The number of halogens is 2. The Morgan fingerprint density at radius 2 is 1.82 bits per heavy atom. The van der Waals surface area contributed by atoms with Crippen LogP contribution in [-0.4, -0.2) is 12.2 Å². The number of fused-ring (bicyclic) bond motifs is 5. The van der Waals surface area contributed by atoms with Crippen molar-refractivity contribution in [2.75, 3.05) is 5.32 Å². The summed E-state index contributed by atoms with van der Waals surface area (Å²) in [5, 5.41) is 3.71. The number of anilines is 1. The van der Waals surface area contributed by atoms with Crippen molar-refractivity contribution in [2.24, 2.45) is 46.3 Å². The maximum atomic E-state index is 12.7. The number of benzene rings is 1.